The Balaban J connectivity index is 1.81. The molecule has 134 valence electrons. The first-order valence-corrected chi connectivity index (χ1v) is 8.59. The number of amides is 1. The first-order valence-electron chi connectivity index (χ1n) is 8.59. The van der Waals surface area contributed by atoms with Crippen LogP contribution in [0.15, 0.2) is 40.3 Å². The molecule has 1 aliphatic rings. The van der Waals surface area contributed by atoms with Crippen LogP contribution in [0.1, 0.15) is 31.2 Å². The Labute approximate surface area is 148 Å². The van der Waals surface area contributed by atoms with Crippen LogP contribution in [0.2, 0.25) is 0 Å². The van der Waals surface area contributed by atoms with Crippen LogP contribution in [-0.4, -0.2) is 53.7 Å². The molecule has 1 heterocycles. The van der Waals surface area contributed by atoms with Gasteiger partial charge in [0.1, 0.15) is 5.84 Å². The summed E-state index contributed by atoms with van der Waals surface area (Å²) in [7, 11) is -1.59. The van der Waals surface area contributed by atoms with Crippen molar-refractivity contribution in [3.63, 3.8) is 0 Å². The van der Waals surface area contributed by atoms with E-state index in [2.05, 4.69) is 15.3 Å². The summed E-state index contributed by atoms with van der Waals surface area (Å²) >= 11 is 0. The van der Waals surface area contributed by atoms with Gasteiger partial charge in [0.15, 0.2) is 0 Å². The van der Waals surface area contributed by atoms with E-state index in [0.29, 0.717) is 25.2 Å². The normalized spacial score (nSPS) is 17.2. The molecule has 8 heteroatoms. The van der Waals surface area contributed by atoms with Crippen LogP contribution >= 0.6 is 0 Å². The number of nitrogens with zero attached hydrogens (tertiary/aromatic N) is 2. The number of rotatable bonds is 10. The molecular weight excluding hydrogens is 319 g/mol. The summed E-state index contributed by atoms with van der Waals surface area (Å²) in [4.78, 5) is 20.8. The fourth-order valence-electron chi connectivity index (χ4n) is 2.66. The largest absolute Gasteiger partial charge is 0.475 e. The van der Waals surface area contributed by atoms with Crippen LogP contribution < -0.4 is 11.1 Å². The molecular formula is C17H25BN4O3. The van der Waals surface area contributed by atoms with Crippen LogP contribution in [0.5, 0.6) is 0 Å². The van der Waals surface area contributed by atoms with Gasteiger partial charge in [-0.1, -0.05) is 36.8 Å². The highest BCUT2D eigenvalue weighted by Gasteiger charge is 2.26. The van der Waals surface area contributed by atoms with Gasteiger partial charge in [0, 0.05) is 12.6 Å². The topological polar surface area (TPSA) is 120 Å². The Kier molecular flexibility index (Phi) is 7.78. The van der Waals surface area contributed by atoms with Crippen molar-refractivity contribution in [2.24, 2.45) is 15.7 Å². The quantitative estimate of drug-likeness (QED) is 0.355. The number of unbranched alkanes of at least 4 members (excludes halogenated alkanes) is 1. The van der Waals surface area contributed by atoms with Crippen molar-refractivity contribution in [2.45, 2.75) is 44.1 Å². The van der Waals surface area contributed by atoms with Crippen LogP contribution in [0.4, 0.5) is 0 Å². The molecule has 0 radical (unpaired) electrons. The van der Waals surface area contributed by atoms with Gasteiger partial charge in [-0.05, 0) is 24.9 Å². The summed E-state index contributed by atoms with van der Waals surface area (Å²) in [5.41, 5.74) is 6.55. The van der Waals surface area contributed by atoms with Gasteiger partial charge >= 0.3 is 7.12 Å². The molecule has 1 aliphatic heterocycles. The van der Waals surface area contributed by atoms with E-state index in [1.807, 2.05) is 30.3 Å². The SMILES string of the molecule is NCCCC[C@H](NC(=O)CC1C=NC(Cc2ccccc2)=N1)B(O)O. The summed E-state index contributed by atoms with van der Waals surface area (Å²) in [6.45, 7) is 0.541. The number of nitrogens with one attached hydrogen (secondary N) is 1. The van der Waals surface area contributed by atoms with Crippen molar-refractivity contribution in [3.05, 3.63) is 35.9 Å². The lowest BCUT2D eigenvalue weighted by atomic mass is 9.76. The van der Waals surface area contributed by atoms with Gasteiger partial charge < -0.3 is 21.1 Å². The zero-order valence-electron chi connectivity index (χ0n) is 14.2. The van der Waals surface area contributed by atoms with Crippen LogP contribution in [0, 0.1) is 0 Å². The highest BCUT2D eigenvalue weighted by Crippen LogP contribution is 2.10. The Morgan fingerprint density at radius 1 is 1.28 bits per heavy atom. The highest BCUT2D eigenvalue weighted by atomic mass is 16.4. The number of aliphatic imine (C=N–C) groups is 2. The minimum Gasteiger partial charge on any atom is -0.426 e. The average molecular weight is 344 g/mol. The van der Waals surface area contributed by atoms with Gasteiger partial charge in [0.25, 0.3) is 0 Å². The standard InChI is InChI=1S/C17H25BN4O3/c19-9-5-4-8-15(18(24)25)22-17(23)11-14-12-20-16(21-14)10-13-6-2-1-3-7-13/h1-3,6-7,12,14-15,24-25H,4-5,8-11,19H2,(H,22,23)/t14?,15-/m0/s1. The number of hydrogen-bond donors (Lipinski definition) is 4. The molecule has 0 bridgehead atoms. The van der Waals surface area contributed by atoms with Gasteiger partial charge in [0.05, 0.1) is 18.4 Å². The summed E-state index contributed by atoms with van der Waals surface area (Å²) in [6, 6.07) is 9.59. The second-order valence-corrected chi connectivity index (χ2v) is 6.13. The minimum atomic E-state index is -1.59. The lowest BCUT2D eigenvalue weighted by molar-refractivity contribution is -0.121. The third kappa shape index (κ3) is 6.77. The molecule has 0 spiro atoms. The fourth-order valence-corrected chi connectivity index (χ4v) is 2.66. The first kappa shape index (κ1) is 19.3. The molecule has 0 aliphatic carbocycles. The number of carbonyl (C=O) groups excluding carboxylic acids is 1. The zero-order valence-corrected chi connectivity index (χ0v) is 14.2. The monoisotopic (exact) mass is 344 g/mol. The van der Waals surface area contributed by atoms with E-state index in [-0.39, 0.29) is 18.4 Å². The van der Waals surface area contributed by atoms with Gasteiger partial charge in [-0.15, -0.1) is 0 Å². The van der Waals surface area contributed by atoms with E-state index in [0.717, 1.165) is 18.4 Å². The molecule has 25 heavy (non-hydrogen) atoms. The lowest BCUT2D eigenvalue weighted by Crippen LogP contribution is -2.47. The molecule has 0 saturated heterocycles. The van der Waals surface area contributed by atoms with Crippen molar-refractivity contribution in [1.82, 2.24) is 5.32 Å². The summed E-state index contributed by atoms with van der Waals surface area (Å²) in [6.07, 6.45) is 4.41. The number of nitrogens with two attached hydrogens (primary N) is 1. The number of amidine groups is 1. The third-order valence-corrected chi connectivity index (χ3v) is 3.99. The van der Waals surface area contributed by atoms with Gasteiger partial charge in [-0.2, -0.15) is 0 Å². The van der Waals surface area contributed by atoms with E-state index in [1.165, 1.54) is 0 Å². The summed E-state index contributed by atoms with van der Waals surface area (Å²) < 4.78 is 0. The van der Waals surface area contributed by atoms with E-state index >= 15 is 0 Å². The lowest BCUT2D eigenvalue weighted by Gasteiger charge is -2.18. The average Bonchev–Trinajstić information content (AvgIpc) is 3.01. The Morgan fingerprint density at radius 2 is 2.04 bits per heavy atom. The molecule has 1 aromatic rings. The Hall–Kier alpha value is -2.03. The molecule has 0 saturated carbocycles. The molecule has 2 rings (SSSR count). The van der Waals surface area contributed by atoms with Crippen LogP contribution in [0.3, 0.4) is 0 Å². The van der Waals surface area contributed by atoms with Crippen LogP contribution in [-0.2, 0) is 11.2 Å². The van der Waals surface area contributed by atoms with Crippen molar-refractivity contribution in [2.75, 3.05) is 6.54 Å². The summed E-state index contributed by atoms with van der Waals surface area (Å²) in [5.74, 6) is -0.261. The maximum atomic E-state index is 12.1. The van der Waals surface area contributed by atoms with E-state index in [4.69, 9.17) is 5.73 Å². The van der Waals surface area contributed by atoms with E-state index in [9.17, 15) is 14.8 Å². The van der Waals surface area contributed by atoms with Gasteiger partial charge in [-0.25, -0.2) is 4.99 Å². The maximum Gasteiger partial charge on any atom is 0.475 e. The molecule has 5 N–H and O–H groups in total. The molecule has 1 unspecified atom stereocenters. The van der Waals surface area contributed by atoms with Gasteiger partial charge in [-0.3, -0.25) is 9.79 Å². The second-order valence-electron chi connectivity index (χ2n) is 6.13. The molecule has 0 aromatic heterocycles. The molecule has 1 amide bonds. The summed E-state index contributed by atoms with van der Waals surface area (Å²) in [5, 5.41) is 21.4. The van der Waals surface area contributed by atoms with E-state index < -0.39 is 13.1 Å². The van der Waals surface area contributed by atoms with E-state index in [1.54, 1.807) is 6.21 Å². The minimum absolute atomic E-state index is 0.141. The number of benzene rings is 1. The maximum absolute atomic E-state index is 12.1. The van der Waals surface area contributed by atoms with Crippen molar-refractivity contribution in [1.29, 1.82) is 0 Å². The number of hydrogen-bond acceptors (Lipinski definition) is 6. The Morgan fingerprint density at radius 3 is 2.72 bits per heavy atom. The number of carbonyl (C=O) groups is 1. The predicted octanol–water partition coefficient (Wildman–Crippen LogP) is 0.0965. The third-order valence-electron chi connectivity index (χ3n) is 3.99. The fraction of sp³-hybridized carbons (Fsp3) is 0.471. The van der Waals surface area contributed by atoms with Crippen molar-refractivity contribution >= 4 is 25.1 Å². The predicted molar refractivity (Wildman–Crippen MR) is 99.5 cm³/mol. The molecule has 0 fully saturated rings. The molecule has 7 nitrogen and oxygen atoms in total. The van der Waals surface area contributed by atoms with Gasteiger partial charge in [0.2, 0.25) is 5.91 Å². The van der Waals surface area contributed by atoms with Crippen LogP contribution in [0.25, 0.3) is 0 Å². The second kappa shape index (κ2) is 10.1. The first-order chi connectivity index (χ1) is 12.1. The highest BCUT2D eigenvalue weighted by molar-refractivity contribution is 6.43. The molecule has 1 aromatic carbocycles. The van der Waals surface area contributed by atoms with Crippen molar-refractivity contribution < 1.29 is 14.8 Å². The Bertz CT molecular complexity index is 607. The van der Waals surface area contributed by atoms with Crippen molar-refractivity contribution in [3.8, 4) is 0 Å². The zero-order chi connectivity index (χ0) is 18.1. The smallest absolute Gasteiger partial charge is 0.426 e. The molecule has 2 atom stereocenters.